The summed E-state index contributed by atoms with van der Waals surface area (Å²) in [6, 6.07) is 2.65. The summed E-state index contributed by atoms with van der Waals surface area (Å²) in [5.74, 6) is -2.12. The van der Waals surface area contributed by atoms with Gasteiger partial charge < -0.3 is 25.7 Å². The number of nitrogens with two attached hydrogens (primary N) is 1. The van der Waals surface area contributed by atoms with Gasteiger partial charge in [0, 0.05) is 36.5 Å². The van der Waals surface area contributed by atoms with Crippen molar-refractivity contribution in [2.24, 2.45) is 5.73 Å². The summed E-state index contributed by atoms with van der Waals surface area (Å²) >= 11 is 0. The second kappa shape index (κ2) is 12.1. The van der Waals surface area contributed by atoms with Crippen molar-refractivity contribution in [3.8, 4) is 0 Å². The van der Waals surface area contributed by atoms with Gasteiger partial charge in [0.2, 0.25) is 0 Å². The van der Waals surface area contributed by atoms with Gasteiger partial charge in [0.1, 0.15) is 12.1 Å². The number of rotatable bonds is 11. The Labute approximate surface area is 215 Å². The van der Waals surface area contributed by atoms with Gasteiger partial charge >= 0.3 is 0 Å². The Hall–Kier alpha value is -3.63. The molecule has 1 aromatic carbocycles. The molecule has 1 aliphatic rings. The first-order chi connectivity index (χ1) is 17.6. The van der Waals surface area contributed by atoms with E-state index in [1.807, 2.05) is 0 Å². The molecule has 2 heterocycles. The van der Waals surface area contributed by atoms with E-state index >= 15 is 0 Å². The molecule has 37 heavy (non-hydrogen) atoms. The van der Waals surface area contributed by atoms with Gasteiger partial charge in [-0.25, -0.2) is 9.29 Å². The molecule has 2 aromatic rings. The third kappa shape index (κ3) is 5.86. The molecule has 3 amide bonds. The van der Waals surface area contributed by atoms with Crippen LogP contribution in [0, 0.1) is 19.7 Å². The predicted molar refractivity (Wildman–Crippen MR) is 140 cm³/mol. The summed E-state index contributed by atoms with van der Waals surface area (Å²) in [6.07, 6.45) is 2.35. The molecule has 0 fully saturated rings. The van der Waals surface area contributed by atoms with Crippen molar-refractivity contribution in [3.05, 3.63) is 52.1 Å². The van der Waals surface area contributed by atoms with E-state index in [0.29, 0.717) is 35.3 Å². The molecule has 0 radical (unpaired) electrons. The molecule has 10 heteroatoms. The number of amides is 3. The largest absolute Gasteiger partial charge is 0.358 e. The topological polar surface area (TPSA) is 129 Å². The van der Waals surface area contributed by atoms with E-state index in [1.165, 1.54) is 18.2 Å². The molecule has 9 nitrogen and oxygen atoms in total. The van der Waals surface area contributed by atoms with Crippen molar-refractivity contribution in [2.45, 2.75) is 46.6 Å². The number of anilines is 1. The lowest BCUT2D eigenvalue weighted by atomic mass is 10.0. The summed E-state index contributed by atoms with van der Waals surface area (Å²) in [5, 5.41) is 2.94. The maximum absolute atomic E-state index is 14.2. The zero-order valence-electron chi connectivity index (χ0n) is 21.7. The predicted octanol–water partition coefficient (Wildman–Crippen LogP) is 2.56. The highest BCUT2D eigenvalue weighted by Crippen LogP contribution is 2.39. The first-order valence-corrected chi connectivity index (χ1v) is 12.4. The Morgan fingerprint density at radius 1 is 1.24 bits per heavy atom. The minimum atomic E-state index is -1.06. The maximum Gasteiger partial charge on any atom is 0.265 e. The number of likely N-dealkylation sites (N-methyl/N-ethyl adjacent to an activating group) is 1. The Morgan fingerprint density at radius 2 is 1.95 bits per heavy atom. The Morgan fingerprint density at radius 3 is 2.59 bits per heavy atom. The molecular weight excluding hydrogens is 477 g/mol. The van der Waals surface area contributed by atoms with Crippen molar-refractivity contribution in [1.82, 2.24) is 15.2 Å². The van der Waals surface area contributed by atoms with Crippen molar-refractivity contribution in [3.63, 3.8) is 0 Å². The van der Waals surface area contributed by atoms with E-state index in [0.717, 1.165) is 30.6 Å². The number of nitrogens with one attached hydrogen (secondary N) is 2. The zero-order valence-corrected chi connectivity index (χ0v) is 21.7. The van der Waals surface area contributed by atoms with Crippen molar-refractivity contribution in [2.75, 3.05) is 31.1 Å². The highest BCUT2D eigenvalue weighted by molar-refractivity contribution is 6.42. The van der Waals surface area contributed by atoms with E-state index in [4.69, 9.17) is 5.73 Å². The van der Waals surface area contributed by atoms with E-state index in [1.54, 1.807) is 13.8 Å². The van der Waals surface area contributed by atoms with Gasteiger partial charge in [0.25, 0.3) is 17.7 Å². The van der Waals surface area contributed by atoms with Crippen LogP contribution in [0.4, 0.5) is 10.1 Å². The van der Waals surface area contributed by atoms with Crippen LogP contribution in [0.3, 0.4) is 0 Å². The summed E-state index contributed by atoms with van der Waals surface area (Å²) in [7, 11) is 0. The van der Waals surface area contributed by atoms with Gasteiger partial charge in [-0.3, -0.25) is 14.4 Å². The number of fused-ring (bicyclic) bond motifs is 1. The normalized spacial score (nSPS) is 14.8. The first-order valence-electron chi connectivity index (χ1n) is 12.4. The molecule has 1 atom stereocenters. The molecular formula is C27H34FN5O4. The van der Waals surface area contributed by atoms with Crippen LogP contribution in [0.5, 0.6) is 0 Å². The standard InChI is InChI=1S/C27H34FN5O4/c1-5-32(6-2)12-11-30-25(35)24-16(3)22(31-17(24)4)15-20-19-14-18(28)9-10-23(19)33(26(20)36)27(37)21(29)8-7-13-34/h9-10,13-15,21,31H,5-8,11-12,29H2,1-4H3,(H,30,35)/b20-15-. The molecule has 1 unspecified atom stereocenters. The van der Waals surface area contributed by atoms with Crippen LogP contribution in [0.25, 0.3) is 11.6 Å². The van der Waals surface area contributed by atoms with Gasteiger partial charge in [-0.05, 0) is 63.2 Å². The molecule has 1 aliphatic heterocycles. The number of imide groups is 1. The monoisotopic (exact) mass is 511 g/mol. The fraction of sp³-hybridized carbons (Fsp3) is 0.407. The molecule has 4 N–H and O–H groups in total. The van der Waals surface area contributed by atoms with Crippen molar-refractivity contribution in [1.29, 1.82) is 0 Å². The minimum Gasteiger partial charge on any atom is -0.358 e. The van der Waals surface area contributed by atoms with Crippen LogP contribution in [0.2, 0.25) is 0 Å². The van der Waals surface area contributed by atoms with Gasteiger partial charge in [-0.1, -0.05) is 13.8 Å². The molecule has 0 saturated carbocycles. The minimum absolute atomic E-state index is 0.0780. The SMILES string of the molecule is CCN(CC)CCNC(=O)c1c(C)[nH]c(/C=C2\C(=O)N(C(=O)C(N)CCC=O)c3ccc(F)cc32)c1C. The number of nitrogens with zero attached hydrogens (tertiary/aromatic N) is 2. The van der Waals surface area contributed by atoms with Gasteiger partial charge in [-0.2, -0.15) is 0 Å². The molecule has 198 valence electrons. The highest BCUT2D eigenvalue weighted by Gasteiger charge is 2.39. The summed E-state index contributed by atoms with van der Waals surface area (Å²) < 4.78 is 14.2. The lowest BCUT2D eigenvalue weighted by Crippen LogP contribution is -2.45. The third-order valence-electron chi connectivity index (χ3n) is 6.66. The number of aromatic nitrogens is 1. The number of carbonyl (C=O) groups excluding carboxylic acids is 4. The Bertz CT molecular complexity index is 1230. The van der Waals surface area contributed by atoms with Gasteiger partial charge in [0.05, 0.1) is 22.9 Å². The highest BCUT2D eigenvalue weighted by atomic mass is 19.1. The second-order valence-corrected chi connectivity index (χ2v) is 9.00. The van der Waals surface area contributed by atoms with Crippen LogP contribution in [-0.2, 0) is 14.4 Å². The van der Waals surface area contributed by atoms with E-state index in [2.05, 4.69) is 29.0 Å². The Kier molecular flexibility index (Phi) is 9.12. The maximum atomic E-state index is 14.2. The average molecular weight is 512 g/mol. The summed E-state index contributed by atoms with van der Waals surface area (Å²) in [6.45, 7) is 10.7. The number of halogens is 1. The first kappa shape index (κ1) is 27.9. The molecule has 0 aliphatic carbocycles. The number of carbonyl (C=O) groups is 4. The average Bonchev–Trinajstić information content (AvgIpc) is 3.31. The zero-order chi connectivity index (χ0) is 27.3. The smallest absolute Gasteiger partial charge is 0.265 e. The van der Waals surface area contributed by atoms with Gasteiger partial charge in [0.15, 0.2) is 0 Å². The fourth-order valence-electron chi connectivity index (χ4n) is 4.52. The lowest BCUT2D eigenvalue weighted by molar-refractivity contribution is -0.124. The number of aldehydes is 1. The van der Waals surface area contributed by atoms with Crippen molar-refractivity contribution >= 4 is 41.3 Å². The molecule has 0 saturated heterocycles. The van der Waals surface area contributed by atoms with Crippen LogP contribution in [-0.4, -0.2) is 66.1 Å². The summed E-state index contributed by atoms with van der Waals surface area (Å²) in [5.41, 5.74) is 8.74. The molecule has 0 spiro atoms. The van der Waals surface area contributed by atoms with Crippen LogP contribution in [0.1, 0.15) is 59.6 Å². The number of hydrogen-bond donors (Lipinski definition) is 3. The quantitative estimate of drug-likeness (QED) is 0.314. The lowest BCUT2D eigenvalue weighted by Gasteiger charge is -2.19. The number of aryl methyl sites for hydroxylation is 1. The van der Waals surface area contributed by atoms with Crippen LogP contribution in [0.15, 0.2) is 18.2 Å². The van der Waals surface area contributed by atoms with E-state index in [9.17, 15) is 23.6 Å². The molecule has 1 aromatic heterocycles. The molecule has 0 bridgehead atoms. The Balaban J connectivity index is 1.93. The number of benzene rings is 1. The number of hydrogen-bond acceptors (Lipinski definition) is 6. The van der Waals surface area contributed by atoms with Crippen molar-refractivity contribution < 1.29 is 23.6 Å². The summed E-state index contributed by atoms with van der Waals surface area (Å²) in [4.78, 5) is 56.3. The third-order valence-corrected chi connectivity index (χ3v) is 6.66. The molecule has 3 rings (SSSR count). The second-order valence-electron chi connectivity index (χ2n) is 9.00. The fourth-order valence-corrected chi connectivity index (χ4v) is 4.52. The number of H-pyrrole nitrogens is 1. The van der Waals surface area contributed by atoms with Crippen LogP contribution < -0.4 is 16.0 Å². The number of aromatic amines is 1. The van der Waals surface area contributed by atoms with Crippen LogP contribution >= 0.6 is 0 Å². The van der Waals surface area contributed by atoms with E-state index < -0.39 is 23.7 Å². The van der Waals surface area contributed by atoms with E-state index in [-0.39, 0.29) is 35.6 Å². The van der Waals surface area contributed by atoms with Gasteiger partial charge in [-0.15, -0.1) is 0 Å².